The number of carbonyl (C=O) groups excluding carboxylic acids is 2. The SMILES string of the molecule is CC(C)(C)O[C@@H]1C[C@@H](c2nc(CCCc3ccccc3)no2)N(C(=O)c2ccc3cc(C(=O)N4CCCC4)ccc3c2)C1. The van der Waals surface area contributed by atoms with Gasteiger partial charge < -0.3 is 19.1 Å². The molecule has 1 aromatic heterocycles. The number of amides is 2. The summed E-state index contributed by atoms with van der Waals surface area (Å²) >= 11 is 0. The van der Waals surface area contributed by atoms with Gasteiger partial charge in [-0.2, -0.15) is 4.98 Å². The van der Waals surface area contributed by atoms with Crippen molar-refractivity contribution in [2.45, 2.75) is 77.0 Å². The van der Waals surface area contributed by atoms with Gasteiger partial charge in [0, 0.05) is 43.6 Å². The van der Waals surface area contributed by atoms with Crippen molar-refractivity contribution in [1.29, 1.82) is 0 Å². The molecular formula is C35H40N4O4. The van der Waals surface area contributed by atoms with E-state index in [-0.39, 0.29) is 29.6 Å². The maximum Gasteiger partial charge on any atom is 0.254 e. The van der Waals surface area contributed by atoms with E-state index in [4.69, 9.17) is 14.2 Å². The molecule has 0 saturated carbocycles. The molecule has 2 aliphatic rings. The van der Waals surface area contributed by atoms with Gasteiger partial charge in [-0.3, -0.25) is 9.59 Å². The second-order valence-corrected chi connectivity index (χ2v) is 12.7. The highest BCUT2D eigenvalue weighted by Gasteiger charge is 2.41. The van der Waals surface area contributed by atoms with Crippen LogP contribution >= 0.6 is 0 Å². The first-order valence-electron chi connectivity index (χ1n) is 15.4. The lowest BCUT2D eigenvalue weighted by Gasteiger charge is -2.25. The summed E-state index contributed by atoms with van der Waals surface area (Å²) in [5.41, 5.74) is 2.20. The third-order valence-electron chi connectivity index (χ3n) is 8.25. The molecule has 0 bridgehead atoms. The van der Waals surface area contributed by atoms with Crippen LogP contribution < -0.4 is 0 Å². The molecular weight excluding hydrogens is 540 g/mol. The molecule has 8 nitrogen and oxygen atoms in total. The zero-order valence-corrected chi connectivity index (χ0v) is 25.3. The van der Waals surface area contributed by atoms with Crippen molar-refractivity contribution in [3.8, 4) is 0 Å². The summed E-state index contributed by atoms with van der Waals surface area (Å²) in [6.45, 7) is 8.14. The standard InChI is InChI=1S/C35H40N4O4/c1-35(2,3)42-29-22-30(32-36-31(37-43-32)13-9-12-24-10-5-4-6-11-24)39(23-29)34(41)28-17-15-25-20-27(16-14-26(25)21-28)33(40)38-18-7-8-19-38/h4-6,10-11,14-17,20-21,29-30H,7-9,12-13,18-19,22-23H2,1-3H3/t29-,30+/m1/s1. The number of hydrogen-bond donors (Lipinski definition) is 0. The number of likely N-dealkylation sites (tertiary alicyclic amines) is 2. The Hall–Kier alpha value is -4.04. The zero-order chi connectivity index (χ0) is 30.0. The highest BCUT2D eigenvalue weighted by molar-refractivity contribution is 6.02. The molecule has 2 fully saturated rings. The van der Waals surface area contributed by atoms with Crippen molar-refractivity contribution in [3.05, 3.63) is 95.1 Å². The second kappa shape index (κ2) is 12.3. The van der Waals surface area contributed by atoms with Gasteiger partial charge in [0.25, 0.3) is 11.8 Å². The fourth-order valence-electron chi connectivity index (χ4n) is 6.22. The predicted molar refractivity (Wildman–Crippen MR) is 165 cm³/mol. The Labute approximate surface area is 253 Å². The smallest absolute Gasteiger partial charge is 0.254 e. The molecule has 2 saturated heterocycles. The fraction of sp³-hybridized carbons (Fsp3) is 0.429. The van der Waals surface area contributed by atoms with Gasteiger partial charge in [0.15, 0.2) is 5.82 Å². The van der Waals surface area contributed by atoms with E-state index in [0.29, 0.717) is 42.2 Å². The maximum atomic E-state index is 14.0. The maximum absolute atomic E-state index is 14.0. The van der Waals surface area contributed by atoms with E-state index in [9.17, 15) is 9.59 Å². The number of aryl methyl sites for hydroxylation is 2. The van der Waals surface area contributed by atoms with Crippen molar-refractivity contribution < 1.29 is 18.8 Å². The predicted octanol–water partition coefficient (Wildman–Crippen LogP) is 6.41. The van der Waals surface area contributed by atoms with E-state index < -0.39 is 0 Å². The highest BCUT2D eigenvalue weighted by atomic mass is 16.5. The van der Waals surface area contributed by atoms with Crippen LogP contribution in [0.25, 0.3) is 10.8 Å². The van der Waals surface area contributed by atoms with Crippen LogP contribution in [0.1, 0.15) is 90.5 Å². The summed E-state index contributed by atoms with van der Waals surface area (Å²) < 4.78 is 12.1. The number of rotatable bonds is 8. The molecule has 8 heteroatoms. The van der Waals surface area contributed by atoms with Gasteiger partial charge in [0.05, 0.1) is 11.7 Å². The fourth-order valence-corrected chi connectivity index (χ4v) is 6.22. The monoisotopic (exact) mass is 580 g/mol. The van der Waals surface area contributed by atoms with Crippen LogP contribution in [-0.4, -0.2) is 63.1 Å². The Balaban J connectivity index is 1.19. The van der Waals surface area contributed by atoms with Crippen molar-refractivity contribution >= 4 is 22.6 Å². The van der Waals surface area contributed by atoms with E-state index in [1.165, 1.54) is 5.56 Å². The molecule has 43 heavy (non-hydrogen) atoms. The summed E-state index contributed by atoms with van der Waals surface area (Å²) in [7, 11) is 0. The molecule has 0 N–H and O–H groups in total. The van der Waals surface area contributed by atoms with E-state index in [2.05, 4.69) is 17.3 Å². The lowest BCUT2D eigenvalue weighted by atomic mass is 10.0. The number of ether oxygens (including phenoxy) is 1. The molecule has 2 aliphatic heterocycles. The molecule has 6 rings (SSSR count). The molecule has 0 spiro atoms. The van der Waals surface area contributed by atoms with Gasteiger partial charge in [-0.05, 0) is 87.1 Å². The number of hydrogen-bond acceptors (Lipinski definition) is 6. The van der Waals surface area contributed by atoms with Gasteiger partial charge >= 0.3 is 0 Å². The number of nitrogens with zero attached hydrogens (tertiary/aromatic N) is 4. The first-order valence-corrected chi connectivity index (χ1v) is 15.4. The van der Waals surface area contributed by atoms with Gasteiger partial charge in [-0.1, -0.05) is 47.6 Å². The second-order valence-electron chi connectivity index (χ2n) is 12.7. The molecule has 3 aromatic carbocycles. The molecule has 4 aromatic rings. The minimum absolute atomic E-state index is 0.0725. The third kappa shape index (κ3) is 6.80. The van der Waals surface area contributed by atoms with E-state index in [1.807, 2.05) is 85.2 Å². The van der Waals surface area contributed by atoms with E-state index >= 15 is 0 Å². The lowest BCUT2D eigenvalue weighted by molar-refractivity contribution is -0.0535. The molecule has 0 unspecified atom stereocenters. The number of fused-ring (bicyclic) bond motifs is 1. The average Bonchev–Trinajstić information content (AvgIpc) is 3.77. The van der Waals surface area contributed by atoms with Crippen LogP contribution in [0.3, 0.4) is 0 Å². The number of benzene rings is 3. The third-order valence-corrected chi connectivity index (χ3v) is 8.25. The first kappa shape index (κ1) is 29.1. The van der Waals surface area contributed by atoms with Crippen LogP contribution in [0.5, 0.6) is 0 Å². The number of carbonyl (C=O) groups is 2. The lowest BCUT2D eigenvalue weighted by Crippen LogP contribution is -2.34. The van der Waals surface area contributed by atoms with E-state index in [1.54, 1.807) is 0 Å². The Morgan fingerprint density at radius 1 is 0.907 bits per heavy atom. The zero-order valence-electron chi connectivity index (χ0n) is 25.3. The van der Waals surface area contributed by atoms with Crippen molar-refractivity contribution in [1.82, 2.24) is 19.9 Å². The summed E-state index contributed by atoms with van der Waals surface area (Å²) in [6, 6.07) is 21.4. The molecule has 0 aliphatic carbocycles. The van der Waals surface area contributed by atoms with Crippen LogP contribution in [-0.2, 0) is 17.6 Å². The van der Waals surface area contributed by atoms with Crippen molar-refractivity contribution in [2.75, 3.05) is 19.6 Å². The van der Waals surface area contributed by atoms with Gasteiger partial charge in [-0.15, -0.1) is 0 Å². The Kier molecular flexibility index (Phi) is 8.30. The summed E-state index contributed by atoms with van der Waals surface area (Å²) in [6.07, 6.45) is 5.11. The van der Waals surface area contributed by atoms with Crippen LogP contribution in [0.2, 0.25) is 0 Å². The number of aromatic nitrogens is 2. The highest BCUT2D eigenvalue weighted by Crippen LogP contribution is 2.36. The molecule has 224 valence electrons. The Bertz CT molecular complexity index is 1590. The van der Waals surface area contributed by atoms with Crippen molar-refractivity contribution in [2.24, 2.45) is 0 Å². The summed E-state index contributed by atoms with van der Waals surface area (Å²) in [4.78, 5) is 35.3. The first-order chi connectivity index (χ1) is 20.7. The minimum atomic E-state index is -0.369. The molecule has 3 heterocycles. The summed E-state index contributed by atoms with van der Waals surface area (Å²) in [5, 5.41) is 6.11. The quantitative estimate of drug-likeness (QED) is 0.240. The Morgan fingerprint density at radius 3 is 2.26 bits per heavy atom. The molecule has 2 atom stereocenters. The van der Waals surface area contributed by atoms with E-state index in [0.717, 1.165) is 49.5 Å². The Morgan fingerprint density at radius 2 is 1.58 bits per heavy atom. The normalized spacial score (nSPS) is 19.0. The largest absolute Gasteiger partial charge is 0.371 e. The van der Waals surface area contributed by atoms with Crippen LogP contribution in [0, 0.1) is 0 Å². The van der Waals surface area contributed by atoms with Gasteiger partial charge in [0.2, 0.25) is 5.89 Å². The van der Waals surface area contributed by atoms with Gasteiger partial charge in [-0.25, -0.2) is 0 Å². The summed E-state index contributed by atoms with van der Waals surface area (Å²) in [5.74, 6) is 1.08. The average molecular weight is 581 g/mol. The minimum Gasteiger partial charge on any atom is -0.371 e. The van der Waals surface area contributed by atoms with Crippen LogP contribution in [0.15, 0.2) is 71.3 Å². The molecule has 2 amide bonds. The van der Waals surface area contributed by atoms with Crippen molar-refractivity contribution in [3.63, 3.8) is 0 Å². The van der Waals surface area contributed by atoms with Crippen LogP contribution in [0.4, 0.5) is 0 Å². The molecule has 0 radical (unpaired) electrons. The topological polar surface area (TPSA) is 88.8 Å². The van der Waals surface area contributed by atoms with Gasteiger partial charge in [0.1, 0.15) is 6.04 Å².